The Morgan fingerprint density at radius 1 is 0.864 bits per heavy atom. The van der Waals surface area contributed by atoms with E-state index in [1.807, 2.05) is 60.7 Å². The standard InChI is InChI=1S/C19H16O3/c20-12-15-6-7-17-11-18(9-8-16(17)10-15)19(21)22-13-14-4-2-1-3-5-14/h1-11,20H,12-13H2. The van der Waals surface area contributed by atoms with E-state index in [0.29, 0.717) is 5.56 Å². The van der Waals surface area contributed by atoms with Gasteiger partial charge in [-0.25, -0.2) is 4.79 Å². The van der Waals surface area contributed by atoms with Crippen LogP contribution in [-0.2, 0) is 18.0 Å². The van der Waals surface area contributed by atoms with E-state index >= 15 is 0 Å². The molecule has 3 aromatic carbocycles. The summed E-state index contributed by atoms with van der Waals surface area (Å²) in [5.41, 5.74) is 2.34. The molecule has 3 rings (SSSR count). The van der Waals surface area contributed by atoms with E-state index in [-0.39, 0.29) is 19.2 Å². The van der Waals surface area contributed by atoms with Crippen molar-refractivity contribution in [3.63, 3.8) is 0 Å². The third kappa shape index (κ3) is 3.15. The van der Waals surface area contributed by atoms with E-state index in [9.17, 15) is 4.79 Å². The highest BCUT2D eigenvalue weighted by Crippen LogP contribution is 2.19. The molecule has 0 heterocycles. The summed E-state index contributed by atoms with van der Waals surface area (Å²) < 4.78 is 5.33. The minimum absolute atomic E-state index is 0.0107. The molecule has 0 saturated carbocycles. The van der Waals surface area contributed by atoms with Gasteiger partial charge in [-0.2, -0.15) is 0 Å². The maximum absolute atomic E-state index is 12.1. The predicted octanol–water partition coefficient (Wildman–Crippen LogP) is 3.69. The van der Waals surface area contributed by atoms with Crippen LogP contribution in [0.2, 0.25) is 0 Å². The Hall–Kier alpha value is -2.65. The van der Waals surface area contributed by atoms with Crippen LogP contribution in [0.15, 0.2) is 66.7 Å². The Balaban J connectivity index is 1.76. The Bertz CT molecular complexity index is 794. The quantitative estimate of drug-likeness (QED) is 0.746. The first-order valence-corrected chi connectivity index (χ1v) is 7.11. The van der Waals surface area contributed by atoms with Crippen molar-refractivity contribution in [3.8, 4) is 0 Å². The molecule has 0 aliphatic carbocycles. The lowest BCUT2D eigenvalue weighted by atomic mass is 10.0. The lowest BCUT2D eigenvalue weighted by Crippen LogP contribution is -2.05. The number of aliphatic hydroxyl groups excluding tert-OH is 1. The number of hydrogen-bond acceptors (Lipinski definition) is 3. The molecule has 3 nitrogen and oxygen atoms in total. The first-order chi connectivity index (χ1) is 10.8. The Morgan fingerprint density at radius 3 is 2.36 bits per heavy atom. The summed E-state index contributed by atoms with van der Waals surface area (Å²) in [6.45, 7) is 0.276. The van der Waals surface area contributed by atoms with Gasteiger partial charge in [0.2, 0.25) is 0 Å². The fraction of sp³-hybridized carbons (Fsp3) is 0.105. The zero-order valence-corrected chi connectivity index (χ0v) is 12.0. The average Bonchev–Trinajstić information content (AvgIpc) is 2.59. The van der Waals surface area contributed by atoms with Crippen LogP contribution in [0.4, 0.5) is 0 Å². The molecule has 0 aromatic heterocycles. The minimum atomic E-state index is -0.336. The third-order valence-electron chi connectivity index (χ3n) is 3.54. The molecule has 0 aliphatic rings. The fourth-order valence-corrected chi connectivity index (χ4v) is 2.33. The van der Waals surface area contributed by atoms with Crippen molar-refractivity contribution in [1.82, 2.24) is 0 Å². The molecule has 0 spiro atoms. The molecule has 110 valence electrons. The lowest BCUT2D eigenvalue weighted by molar-refractivity contribution is 0.0473. The van der Waals surface area contributed by atoms with Crippen molar-refractivity contribution < 1.29 is 14.6 Å². The van der Waals surface area contributed by atoms with E-state index in [2.05, 4.69) is 0 Å². The van der Waals surface area contributed by atoms with Gasteiger partial charge in [0.05, 0.1) is 12.2 Å². The number of esters is 1. The lowest BCUT2D eigenvalue weighted by Gasteiger charge is -2.07. The van der Waals surface area contributed by atoms with Gasteiger partial charge in [0.1, 0.15) is 6.61 Å². The van der Waals surface area contributed by atoms with E-state index in [4.69, 9.17) is 9.84 Å². The maximum atomic E-state index is 12.1. The van der Waals surface area contributed by atoms with Gasteiger partial charge >= 0.3 is 5.97 Å². The van der Waals surface area contributed by atoms with E-state index < -0.39 is 0 Å². The van der Waals surface area contributed by atoms with Crippen LogP contribution in [0.5, 0.6) is 0 Å². The molecule has 3 aromatic rings. The van der Waals surface area contributed by atoms with Crippen molar-refractivity contribution >= 4 is 16.7 Å². The van der Waals surface area contributed by atoms with Crippen LogP contribution in [-0.4, -0.2) is 11.1 Å². The topological polar surface area (TPSA) is 46.5 Å². The molecule has 0 saturated heterocycles. The number of hydrogen-bond donors (Lipinski definition) is 1. The van der Waals surface area contributed by atoms with Crippen LogP contribution in [0, 0.1) is 0 Å². The van der Waals surface area contributed by atoms with E-state index in [0.717, 1.165) is 21.9 Å². The van der Waals surface area contributed by atoms with Gasteiger partial charge in [-0.1, -0.05) is 48.5 Å². The number of carbonyl (C=O) groups is 1. The van der Waals surface area contributed by atoms with Crippen LogP contribution < -0.4 is 0 Å². The molecule has 0 fully saturated rings. The van der Waals surface area contributed by atoms with Crippen LogP contribution in [0.25, 0.3) is 10.8 Å². The zero-order valence-electron chi connectivity index (χ0n) is 12.0. The predicted molar refractivity (Wildman–Crippen MR) is 85.4 cm³/mol. The van der Waals surface area contributed by atoms with Crippen molar-refractivity contribution in [2.45, 2.75) is 13.2 Å². The second-order valence-electron chi connectivity index (χ2n) is 5.12. The molecule has 1 N–H and O–H groups in total. The Morgan fingerprint density at radius 2 is 1.59 bits per heavy atom. The molecule has 0 bridgehead atoms. The molecule has 0 atom stereocenters. The number of ether oxygens (including phenoxy) is 1. The summed E-state index contributed by atoms with van der Waals surface area (Å²) in [6.07, 6.45) is 0. The Kier molecular flexibility index (Phi) is 4.17. The first kappa shape index (κ1) is 14.3. The van der Waals surface area contributed by atoms with Crippen LogP contribution in [0.3, 0.4) is 0 Å². The number of benzene rings is 3. The molecule has 0 radical (unpaired) electrons. The van der Waals surface area contributed by atoms with E-state index in [1.54, 1.807) is 6.07 Å². The van der Waals surface area contributed by atoms with Crippen LogP contribution in [0.1, 0.15) is 21.5 Å². The fourth-order valence-electron chi connectivity index (χ4n) is 2.33. The summed E-state index contributed by atoms with van der Waals surface area (Å²) in [6, 6.07) is 20.7. The number of carbonyl (C=O) groups excluding carboxylic acids is 1. The normalized spacial score (nSPS) is 10.6. The monoisotopic (exact) mass is 292 g/mol. The van der Waals surface area contributed by atoms with Gasteiger partial charge in [0.15, 0.2) is 0 Å². The summed E-state index contributed by atoms with van der Waals surface area (Å²) in [7, 11) is 0. The van der Waals surface area contributed by atoms with Gasteiger partial charge in [-0.15, -0.1) is 0 Å². The Labute approximate surface area is 128 Å². The number of rotatable bonds is 4. The van der Waals surface area contributed by atoms with Crippen molar-refractivity contribution in [2.75, 3.05) is 0 Å². The first-order valence-electron chi connectivity index (χ1n) is 7.11. The summed E-state index contributed by atoms with van der Waals surface area (Å²) in [4.78, 5) is 12.1. The van der Waals surface area contributed by atoms with Gasteiger partial charge in [-0.3, -0.25) is 0 Å². The molecular weight excluding hydrogens is 276 g/mol. The second kappa shape index (κ2) is 6.41. The summed E-state index contributed by atoms with van der Waals surface area (Å²) in [5, 5.41) is 11.1. The highest BCUT2D eigenvalue weighted by atomic mass is 16.5. The number of fused-ring (bicyclic) bond motifs is 1. The van der Waals surface area contributed by atoms with Gasteiger partial charge in [0.25, 0.3) is 0 Å². The smallest absolute Gasteiger partial charge is 0.338 e. The van der Waals surface area contributed by atoms with Crippen molar-refractivity contribution in [3.05, 3.63) is 83.4 Å². The molecule has 3 heteroatoms. The SMILES string of the molecule is O=C(OCc1ccccc1)c1ccc2cc(CO)ccc2c1. The highest BCUT2D eigenvalue weighted by Gasteiger charge is 2.08. The summed E-state index contributed by atoms with van der Waals surface area (Å²) in [5.74, 6) is -0.336. The number of aliphatic hydroxyl groups is 1. The van der Waals surface area contributed by atoms with E-state index in [1.165, 1.54) is 0 Å². The second-order valence-corrected chi connectivity index (χ2v) is 5.12. The largest absolute Gasteiger partial charge is 0.457 e. The summed E-state index contributed by atoms with van der Waals surface area (Å²) >= 11 is 0. The molecule has 0 amide bonds. The van der Waals surface area contributed by atoms with Gasteiger partial charge < -0.3 is 9.84 Å². The van der Waals surface area contributed by atoms with Crippen LogP contribution >= 0.6 is 0 Å². The van der Waals surface area contributed by atoms with Crippen molar-refractivity contribution in [2.24, 2.45) is 0 Å². The molecule has 0 unspecified atom stereocenters. The zero-order chi connectivity index (χ0) is 15.4. The molecule has 0 aliphatic heterocycles. The maximum Gasteiger partial charge on any atom is 0.338 e. The highest BCUT2D eigenvalue weighted by molar-refractivity contribution is 5.95. The molecular formula is C19H16O3. The third-order valence-corrected chi connectivity index (χ3v) is 3.54. The molecule has 22 heavy (non-hydrogen) atoms. The van der Waals surface area contributed by atoms with Gasteiger partial charge in [0, 0.05) is 0 Å². The van der Waals surface area contributed by atoms with Gasteiger partial charge in [-0.05, 0) is 40.1 Å². The average molecular weight is 292 g/mol. The van der Waals surface area contributed by atoms with Crippen molar-refractivity contribution in [1.29, 1.82) is 0 Å². The minimum Gasteiger partial charge on any atom is -0.457 e.